The maximum Gasteiger partial charge on any atom is 0.194 e. The fourth-order valence-corrected chi connectivity index (χ4v) is 1.88. The Morgan fingerprint density at radius 2 is 1.79 bits per heavy atom. The van der Waals surface area contributed by atoms with Crippen LogP contribution in [-0.2, 0) is 0 Å². The number of ketones is 1. The molecular formula is C16H12O3. The average Bonchev–Trinajstić information content (AvgIpc) is 2.83. The van der Waals surface area contributed by atoms with E-state index >= 15 is 0 Å². The number of para-hydroxylation sites is 1. The first-order valence-corrected chi connectivity index (χ1v) is 6.00. The standard InChI is InChI=1S/C16H12O3/c1-11(17)16-10-12-9-14(7-8-15(12)19-16)18-13-5-3-2-4-6-13/h2-10H,1H3. The van der Waals surface area contributed by atoms with Crippen LogP contribution in [0.1, 0.15) is 17.5 Å². The minimum Gasteiger partial charge on any atom is -0.457 e. The summed E-state index contributed by atoms with van der Waals surface area (Å²) in [5.74, 6) is 1.78. The van der Waals surface area contributed by atoms with E-state index in [9.17, 15) is 4.79 Å². The van der Waals surface area contributed by atoms with Gasteiger partial charge in [-0.2, -0.15) is 0 Å². The normalized spacial score (nSPS) is 10.6. The van der Waals surface area contributed by atoms with Crippen LogP contribution in [0.5, 0.6) is 11.5 Å². The minimum absolute atomic E-state index is 0.0817. The lowest BCUT2D eigenvalue weighted by atomic mass is 10.2. The summed E-state index contributed by atoms with van der Waals surface area (Å²) < 4.78 is 11.2. The largest absolute Gasteiger partial charge is 0.457 e. The summed E-state index contributed by atoms with van der Waals surface area (Å²) in [7, 11) is 0. The number of carbonyl (C=O) groups is 1. The molecule has 0 aliphatic rings. The van der Waals surface area contributed by atoms with E-state index in [1.807, 2.05) is 42.5 Å². The van der Waals surface area contributed by atoms with Crippen LogP contribution < -0.4 is 4.74 Å². The number of fused-ring (bicyclic) bond motifs is 1. The number of furan rings is 1. The molecule has 1 heterocycles. The molecule has 94 valence electrons. The van der Waals surface area contributed by atoms with Crippen molar-refractivity contribution in [3.05, 3.63) is 60.4 Å². The van der Waals surface area contributed by atoms with E-state index in [2.05, 4.69) is 0 Å². The van der Waals surface area contributed by atoms with Gasteiger partial charge in [0.25, 0.3) is 0 Å². The molecule has 0 aliphatic carbocycles. The smallest absolute Gasteiger partial charge is 0.194 e. The Balaban J connectivity index is 1.95. The lowest BCUT2D eigenvalue weighted by molar-refractivity contribution is 0.0989. The third kappa shape index (κ3) is 2.36. The van der Waals surface area contributed by atoms with E-state index in [4.69, 9.17) is 9.15 Å². The molecule has 3 rings (SSSR count). The van der Waals surface area contributed by atoms with Crippen molar-refractivity contribution >= 4 is 16.8 Å². The zero-order chi connectivity index (χ0) is 13.2. The number of hydrogen-bond acceptors (Lipinski definition) is 3. The summed E-state index contributed by atoms with van der Waals surface area (Å²) in [6.07, 6.45) is 0. The third-order valence-corrected chi connectivity index (χ3v) is 2.81. The summed E-state index contributed by atoms with van der Waals surface area (Å²) in [4.78, 5) is 11.3. The first-order valence-electron chi connectivity index (χ1n) is 6.00. The van der Waals surface area contributed by atoms with E-state index in [0.29, 0.717) is 11.3 Å². The average molecular weight is 252 g/mol. The molecule has 3 nitrogen and oxygen atoms in total. The second kappa shape index (κ2) is 4.61. The van der Waals surface area contributed by atoms with Gasteiger partial charge in [-0.05, 0) is 36.4 Å². The van der Waals surface area contributed by atoms with Crippen molar-refractivity contribution in [3.63, 3.8) is 0 Å². The fourth-order valence-electron chi connectivity index (χ4n) is 1.88. The first-order chi connectivity index (χ1) is 9.22. The number of benzene rings is 2. The number of hydrogen-bond donors (Lipinski definition) is 0. The molecule has 3 heteroatoms. The predicted molar refractivity (Wildman–Crippen MR) is 72.7 cm³/mol. The van der Waals surface area contributed by atoms with Gasteiger partial charge in [-0.3, -0.25) is 4.79 Å². The summed E-state index contributed by atoms with van der Waals surface area (Å²) in [6.45, 7) is 1.49. The molecule has 2 aromatic carbocycles. The molecule has 0 N–H and O–H groups in total. The highest BCUT2D eigenvalue weighted by Gasteiger charge is 2.08. The van der Waals surface area contributed by atoms with E-state index < -0.39 is 0 Å². The van der Waals surface area contributed by atoms with Gasteiger partial charge in [-0.15, -0.1) is 0 Å². The lowest BCUT2D eigenvalue weighted by Crippen LogP contribution is -1.85. The van der Waals surface area contributed by atoms with Gasteiger partial charge in [0.2, 0.25) is 0 Å². The van der Waals surface area contributed by atoms with Crippen LogP contribution in [0.25, 0.3) is 11.0 Å². The molecule has 0 radical (unpaired) electrons. The van der Waals surface area contributed by atoms with Crippen molar-refractivity contribution in [3.8, 4) is 11.5 Å². The van der Waals surface area contributed by atoms with Gasteiger partial charge in [0.1, 0.15) is 17.1 Å². The summed E-state index contributed by atoms with van der Waals surface area (Å²) in [5, 5.41) is 0.860. The molecule has 0 fully saturated rings. The Kier molecular flexibility index (Phi) is 2.80. The molecule has 3 aromatic rings. The molecule has 0 spiro atoms. The SMILES string of the molecule is CC(=O)c1cc2cc(Oc3ccccc3)ccc2o1. The van der Waals surface area contributed by atoms with Crippen molar-refractivity contribution in [1.29, 1.82) is 0 Å². The van der Waals surface area contributed by atoms with Gasteiger partial charge in [0.05, 0.1) is 0 Å². The van der Waals surface area contributed by atoms with Gasteiger partial charge >= 0.3 is 0 Å². The van der Waals surface area contributed by atoms with E-state index in [1.165, 1.54) is 6.92 Å². The van der Waals surface area contributed by atoms with Gasteiger partial charge in [0.15, 0.2) is 11.5 Å². The highest BCUT2D eigenvalue weighted by Crippen LogP contribution is 2.27. The second-order valence-electron chi connectivity index (χ2n) is 4.28. The van der Waals surface area contributed by atoms with E-state index in [0.717, 1.165) is 16.9 Å². The number of ether oxygens (including phenoxy) is 1. The van der Waals surface area contributed by atoms with Crippen LogP contribution in [-0.4, -0.2) is 5.78 Å². The molecule has 0 bridgehead atoms. The molecule has 0 aliphatic heterocycles. The topological polar surface area (TPSA) is 39.4 Å². The Hall–Kier alpha value is -2.55. The number of carbonyl (C=O) groups excluding carboxylic acids is 1. The summed E-state index contributed by atoms with van der Waals surface area (Å²) >= 11 is 0. The zero-order valence-electron chi connectivity index (χ0n) is 10.4. The van der Waals surface area contributed by atoms with Gasteiger partial charge in [-0.1, -0.05) is 18.2 Å². The molecule has 1 aromatic heterocycles. The zero-order valence-corrected chi connectivity index (χ0v) is 10.4. The highest BCUT2D eigenvalue weighted by molar-refractivity contribution is 5.96. The van der Waals surface area contributed by atoms with Crippen molar-refractivity contribution < 1.29 is 13.9 Å². The number of Topliss-reactive ketones (excluding diaryl/α,β-unsaturated/α-hetero) is 1. The summed E-state index contributed by atoms with van der Waals surface area (Å²) in [5.41, 5.74) is 0.686. The molecule has 0 atom stereocenters. The van der Waals surface area contributed by atoms with Crippen molar-refractivity contribution in [1.82, 2.24) is 0 Å². The molecule has 0 amide bonds. The van der Waals surface area contributed by atoms with E-state index in [-0.39, 0.29) is 5.78 Å². The van der Waals surface area contributed by atoms with Gasteiger partial charge < -0.3 is 9.15 Å². The quantitative estimate of drug-likeness (QED) is 0.647. The van der Waals surface area contributed by atoms with Crippen LogP contribution in [0.15, 0.2) is 59.0 Å². The maximum absolute atomic E-state index is 11.3. The molecular weight excluding hydrogens is 240 g/mol. The van der Waals surface area contributed by atoms with Crippen LogP contribution >= 0.6 is 0 Å². The van der Waals surface area contributed by atoms with Crippen molar-refractivity contribution in [2.45, 2.75) is 6.92 Å². The Morgan fingerprint density at radius 3 is 2.53 bits per heavy atom. The number of rotatable bonds is 3. The van der Waals surface area contributed by atoms with Crippen molar-refractivity contribution in [2.24, 2.45) is 0 Å². The fraction of sp³-hybridized carbons (Fsp3) is 0.0625. The molecule has 0 saturated heterocycles. The molecule has 19 heavy (non-hydrogen) atoms. The molecule has 0 unspecified atom stereocenters. The van der Waals surface area contributed by atoms with E-state index in [1.54, 1.807) is 12.1 Å². The van der Waals surface area contributed by atoms with Crippen LogP contribution in [0.3, 0.4) is 0 Å². The molecule has 0 saturated carbocycles. The third-order valence-electron chi connectivity index (χ3n) is 2.81. The Labute approximate surface area is 110 Å². The second-order valence-corrected chi connectivity index (χ2v) is 4.28. The van der Waals surface area contributed by atoms with Crippen LogP contribution in [0, 0.1) is 0 Å². The first kappa shape index (κ1) is 11.5. The lowest BCUT2D eigenvalue weighted by Gasteiger charge is -2.04. The Morgan fingerprint density at radius 1 is 1.00 bits per heavy atom. The Bertz CT molecular complexity index is 726. The maximum atomic E-state index is 11.3. The van der Waals surface area contributed by atoms with Crippen LogP contribution in [0.4, 0.5) is 0 Å². The minimum atomic E-state index is -0.0817. The van der Waals surface area contributed by atoms with Crippen LogP contribution in [0.2, 0.25) is 0 Å². The van der Waals surface area contributed by atoms with Gasteiger partial charge in [0, 0.05) is 12.3 Å². The summed E-state index contributed by atoms with van der Waals surface area (Å²) in [6, 6.07) is 16.8. The highest BCUT2D eigenvalue weighted by atomic mass is 16.5. The van der Waals surface area contributed by atoms with Gasteiger partial charge in [-0.25, -0.2) is 0 Å². The van der Waals surface area contributed by atoms with Crippen molar-refractivity contribution in [2.75, 3.05) is 0 Å². The predicted octanol–water partition coefficient (Wildman–Crippen LogP) is 4.43. The monoisotopic (exact) mass is 252 g/mol.